The summed E-state index contributed by atoms with van der Waals surface area (Å²) in [5.41, 5.74) is 1.24. The van der Waals surface area contributed by atoms with Crippen molar-refractivity contribution in [3.05, 3.63) is 17.6 Å². The van der Waals surface area contributed by atoms with E-state index in [1.807, 2.05) is 13.1 Å². The Labute approximate surface area is 116 Å². The summed E-state index contributed by atoms with van der Waals surface area (Å²) in [5.74, 6) is 1.96. The average molecular weight is 262 g/mol. The zero-order chi connectivity index (χ0) is 13.8. The van der Waals surface area contributed by atoms with E-state index in [9.17, 15) is 0 Å². The number of aryl methyl sites for hydroxylation is 2. The fourth-order valence-electron chi connectivity index (χ4n) is 2.84. The van der Waals surface area contributed by atoms with Gasteiger partial charge in [-0.1, -0.05) is 13.3 Å². The Morgan fingerprint density at radius 1 is 1.42 bits per heavy atom. The van der Waals surface area contributed by atoms with Crippen LogP contribution < -0.4 is 4.90 Å². The molecule has 4 nitrogen and oxygen atoms in total. The Kier molecular flexibility index (Phi) is 4.75. The standard InChI is InChI=1S/C15H26N4/c1-5-13-10-16-12(2)17-15(13)19(4)11-14-8-6-7-9-18(14)3/h10,14H,5-9,11H2,1-4H3. The van der Waals surface area contributed by atoms with Crippen molar-refractivity contribution < 1.29 is 0 Å². The fraction of sp³-hybridized carbons (Fsp3) is 0.733. The van der Waals surface area contributed by atoms with Gasteiger partial charge in [-0.25, -0.2) is 9.97 Å². The highest BCUT2D eigenvalue weighted by Crippen LogP contribution is 2.21. The molecule has 0 radical (unpaired) electrons. The molecule has 0 aliphatic carbocycles. The van der Waals surface area contributed by atoms with Gasteiger partial charge in [-0.05, 0) is 39.8 Å². The van der Waals surface area contributed by atoms with Crippen molar-refractivity contribution in [1.29, 1.82) is 0 Å². The van der Waals surface area contributed by atoms with Gasteiger partial charge in [0.2, 0.25) is 0 Å². The highest BCUT2D eigenvalue weighted by molar-refractivity contribution is 5.45. The molecule has 0 saturated carbocycles. The van der Waals surface area contributed by atoms with Gasteiger partial charge in [-0.3, -0.25) is 0 Å². The van der Waals surface area contributed by atoms with Gasteiger partial charge in [0, 0.05) is 31.4 Å². The molecule has 1 saturated heterocycles. The van der Waals surface area contributed by atoms with Crippen molar-refractivity contribution in [2.24, 2.45) is 0 Å². The average Bonchev–Trinajstić information content (AvgIpc) is 2.41. The van der Waals surface area contributed by atoms with Gasteiger partial charge in [0.25, 0.3) is 0 Å². The summed E-state index contributed by atoms with van der Waals surface area (Å²) in [7, 11) is 4.40. The Bertz CT molecular complexity index is 419. The third-order valence-electron chi connectivity index (χ3n) is 4.11. The number of hydrogen-bond acceptors (Lipinski definition) is 4. The molecular weight excluding hydrogens is 236 g/mol. The first-order chi connectivity index (χ1) is 9.11. The lowest BCUT2D eigenvalue weighted by Gasteiger charge is -2.35. The van der Waals surface area contributed by atoms with Crippen LogP contribution in [0.15, 0.2) is 6.20 Å². The Balaban J connectivity index is 2.10. The smallest absolute Gasteiger partial charge is 0.135 e. The van der Waals surface area contributed by atoms with Crippen molar-refractivity contribution in [2.45, 2.75) is 45.6 Å². The lowest BCUT2D eigenvalue weighted by atomic mass is 10.0. The van der Waals surface area contributed by atoms with Crippen molar-refractivity contribution >= 4 is 5.82 Å². The molecule has 1 aromatic heterocycles. The summed E-state index contributed by atoms with van der Waals surface area (Å²) in [6, 6.07) is 0.652. The number of hydrogen-bond donors (Lipinski definition) is 0. The molecule has 1 unspecified atom stereocenters. The molecule has 2 heterocycles. The third-order valence-corrected chi connectivity index (χ3v) is 4.11. The summed E-state index contributed by atoms with van der Waals surface area (Å²) in [5, 5.41) is 0. The van der Waals surface area contributed by atoms with E-state index in [-0.39, 0.29) is 0 Å². The lowest BCUT2D eigenvalue weighted by Crippen LogP contribution is -2.44. The molecule has 1 aliphatic rings. The van der Waals surface area contributed by atoms with Crippen molar-refractivity contribution in [3.63, 3.8) is 0 Å². The zero-order valence-corrected chi connectivity index (χ0v) is 12.7. The number of likely N-dealkylation sites (N-methyl/N-ethyl adjacent to an activating group) is 2. The number of rotatable bonds is 4. The molecule has 1 fully saturated rings. The molecule has 1 aliphatic heterocycles. The Morgan fingerprint density at radius 2 is 2.21 bits per heavy atom. The molecule has 0 aromatic carbocycles. The van der Waals surface area contributed by atoms with Gasteiger partial charge in [-0.15, -0.1) is 0 Å². The molecule has 0 spiro atoms. The second kappa shape index (κ2) is 6.33. The number of piperidine rings is 1. The molecule has 106 valence electrons. The van der Waals surface area contributed by atoms with Gasteiger partial charge in [0.15, 0.2) is 0 Å². The molecule has 4 heteroatoms. The fourth-order valence-corrected chi connectivity index (χ4v) is 2.84. The molecule has 0 N–H and O–H groups in total. The number of nitrogens with zero attached hydrogens (tertiary/aromatic N) is 4. The first kappa shape index (κ1) is 14.3. The Morgan fingerprint density at radius 3 is 2.89 bits per heavy atom. The van der Waals surface area contributed by atoms with Gasteiger partial charge < -0.3 is 9.80 Å². The molecule has 19 heavy (non-hydrogen) atoms. The number of anilines is 1. The summed E-state index contributed by atoms with van der Waals surface area (Å²) in [6.07, 6.45) is 6.95. The highest BCUT2D eigenvalue weighted by Gasteiger charge is 2.21. The van der Waals surface area contributed by atoms with E-state index in [0.29, 0.717) is 6.04 Å². The molecule has 2 rings (SSSR count). The summed E-state index contributed by atoms with van der Waals surface area (Å²) in [6.45, 7) is 6.41. The summed E-state index contributed by atoms with van der Waals surface area (Å²) >= 11 is 0. The highest BCUT2D eigenvalue weighted by atomic mass is 15.2. The summed E-state index contributed by atoms with van der Waals surface area (Å²) in [4.78, 5) is 13.7. The first-order valence-corrected chi connectivity index (χ1v) is 7.35. The van der Waals surface area contributed by atoms with Crippen molar-refractivity contribution in [1.82, 2.24) is 14.9 Å². The van der Waals surface area contributed by atoms with Crippen LogP contribution in [0, 0.1) is 6.92 Å². The van der Waals surface area contributed by atoms with Gasteiger partial charge in [-0.2, -0.15) is 0 Å². The van der Waals surface area contributed by atoms with Gasteiger partial charge in [0.1, 0.15) is 11.6 Å². The lowest BCUT2D eigenvalue weighted by molar-refractivity contribution is 0.189. The maximum absolute atomic E-state index is 4.63. The minimum absolute atomic E-state index is 0.652. The maximum atomic E-state index is 4.63. The monoisotopic (exact) mass is 262 g/mol. The second-order valence-corrected chi connectivity index (χ2v) is 5.63. The minimum atomic E-state index is 0.652. The Hall–Kier alpha value is -1.16. The van der Waals surface area contributed by atoms with Crippen LogP contribution in [0.25, 0.3) is 0 Å². The first-order valence-electron chi connectivity index (χ1n) is 7.35. The van der Waals surface area contributed by atoms with E-state index in [0.717, 1.165) is 24.6 Å². The van der Waals surface area contributed by atoms with Crippen LogP contribution >= 0.6 is 0 Å². The van der Waals surface area contributed by atoms with E-state index >= 15 is 0 Å². The topological polar surface area (TPSA) is 32.3 Å². The van der Waals surface area contributed by atoms with Crippen LogP contribution in [0.4, 0.5) is 5.82 Å². The predicted octanol–water partition coefficient (Wildman–Crippen LogP) is 2.27. The quantitative estimate of drug-likeness (QED) is 0.833. The van der Waals surface area contributed by atoms with Crippen LogP contribution in [0.2, 0.25) is 0 Å². The number of aromatic nitrogens is 2. The van der Waals surface area contributed by atoms with Gasteiger partial charge in [0.05, 0.1) is 0 Å². The zero-order valence-electron chi connectivity index (χ0n) is 12.7. The van der Waals surface area contributed by atoms with Gasteiger partial charge >= 0.3 is 0 Å². The predicted molar refractivity (Wildman–Crippen MR) is 79.7 cm³/mol. The van der Waals surface area contributed by atoms with Crippen LogP contribution in [0.3, 0.4) is 0 Å². The van der Waals surface area contributed by atoms with Crippen LogP contribution in [0.5, 0.6) is 0 Å². The third kappa shape index (κ3) is 3.44. The van der Waals surface area contributed by atoms with E-state index in [2.05, 4.69) is 40.8 Å². The number of likely N-dealkylation sites (tertiary alicyclic amines) is 1. The normalized spacial score (nSPS) is 20.5. The van der Waals surface area contributed by atoms with Crippen LogP contribution in [0.1, 0.15) is 37.6 Å². The summed E-state index contributed by atoms with van der Waals surface area (Å²) < 4.78 is 0. The SMILES string of the molecule is CCc1cnc(C)nc1N(C)CC1CCCCN1C. The van der Waals surface area contributed by atoms with E-state index in [1.165, 1.54) is 31.4 Å². The minimum Gasteiger partial charge on any atom is -0.358 e. The molecule has 1 aromatic rings. The van der Waals surface area contributed by atoms with E-state index < -0.39 is 0 Å². The van der Waals surface area contributed by atoms with Crippen LogP contribution in [-0.2, 0) is 6.42 Å². The molecule has 1 atom stereocenters. The van der Waals surface area contributed by atoms with Crippen LogP contribution in [-0.4, -0.2) is 48.1 Å². The molecule has 0 amide bonds. The van der Waals surface area contributed by atoms with E-state index in [1.54, 1.807) is 0 Å². The largest absolute Gasteiger partial charge is 0.358 e. The van der Waals surface area contributed by atoms with Crippen molar-refractivity contribution in [2.75, 3.05) is 32.1 Å². The van der Waals surface area contributed by atoms with Crippen molar-refractivity contribution in [3.8, 4) is 0 Å². The van der Waals surface area contributed by atoms with E-state index in [4.69, 9.17) is 0 Å². The molecular formula is C15H26N4. The molecule has 0 bridgehead atoms. The second-order valence-electron chi connectivity index (χ2n) is 5.63. The maximum Gasteiger partial charge on any atom is 0.135 e.